The predicted octanol–water partition coefficient (Wildman–Crippen LogP) is 1.44. The van der Waals surface area contributed by atoms with E-state index in [1.165, 1.54) is 0 Å². The maximum atomic E-state index is 13.6. The Morgan fingerprint density at radius 3 is 2.61 bits per heavy atom. The monoisotopic (exact) mass is 342 g/mol. The molecule has 0 atom stereocenters. The van der Waals surface area contributed by atoms with E-state index in [9.17, 15) is 12.8 Å². The van der Waals surface area contributed by atoms with Crippen molar-refractivity contribution in [3.05, 3.63) is 35.4 Å². The number of hydrogen-bond donors (Lipinski definition) is 1. The van der Waals surface area contributed by atoms with Crippen LogP contribution >= 0.6 is 0 Å². The van der Waals surface area contributed by atoms with Crippen molar-refractivity contribution in [3.8, 4) is 0 Å². The summed E-state index contributed by atoms with van der Waals surface area (Å²) in [5.41, 5.74) is 0.542. The SMILES string of the molecule is O=S(=O)(CC1(F)CC1)NCc1cccc(CN2CCOCC2)c1. The Labute approximate surface area is 136 Å². The zero-order chi connectivity index (χ0) is 16.3. The first-order chi connectivity index (χ1) is 10.9. The Morgan fingerprint density at radius 2 is 1.91 bits per heavy atom. The molecule has 0 spiro atoms. The summed E-state index contributed by atoms with van der Waals surface area (Å²) >= 11 is 0. The molecule has 1 aliphatic carbocycles. The third kappa shape index (κ3) is 5.24. The average molecular weight is 342 g/mol. The number of nitrogens with one attached hydrogen (secondary N) is 1. The molecule has 1 heterocycles. The molecule has 2 aliphatic rings. The van der Waals surface area contributed by atoms with Crippen molar-refractivity contribution >= 4 is 10.0 Å². The lowest BCUT2D eigenvalue weighted by atomic mass is 10.1. The van der Waals surface area contributed by atoms with Crippen LogP contribution in [-0.2, 0) is 27.8 Å². The Kier molecular flexibility index (Phi) is 5.01. The Hall–Kier alpha value is -1.02. The second kappa shape index (κ2) is 6.84. The van der Waals surface area contributed by atoms with Crippen LogP contribution in [0.25, 0.3) is 0 Å². The molecule has 7 heteroatoms. The van der Waals surface area contributed by atoms with E-state index in [2.05, 4.69) is 9.62 Å². The van der Waals surface area contributed by atoms with Gasteiger partial charge in [-0.15, -0.1) is 0 Å². The smallest absolute Gasteiger partial charge is 0.215 e. The van der Waals surface area contributed by atoms with Crippen LogP contribution in [-0.4, -0.2) is 51.0 Å². The van der Waals surface area contributed by atoms with Gasteiger partial charge in [-0.25, -0.2) is 17.5 Å². The summed E-state index contributed by atoms with van der Waals surface area (Å²) in [5, 5.41) is 0. The Bertz CT molecular complexity index is 640. The summed E-state index contributed by atoms with van der Waals surface area (Å²) in [5.74, 6) is -0.423. The van der Waals surface area contributed by atoms with Gasteiger partial charge in [0, 0.05) is 26.2 Å². The first kappa shape index (κ1) is 16.8. The minimum absolute atomic E-state index is 0.204. The van der Waals surface area contributed by atoms with Crippen LogP contribution in [0.2, 0.25) is 0 Å². The lowest BCUT2D eigenvalue weighted by molar-refractivity contribution is 0.0342. The fourth-order valence-corrected chi connectivity index (χ4v) is 4.18. The molecule has 1 aromatic rings. The summed E-state index contributed by atoms with van der Waals surface area (Å²) in [4.78, 5) is 2.31. The molecule has 1 aromatic carbocycles. The molecule has 0 unspecified atom stereocenters. The fourth-order valence-electron chi connectivity index (χ4n) is 2.72. The van der Waals surface area contributed by atoms with Crippen LogP contribution in [0.4, 0.5) is 4.39 Å². The molecule has 0 aromatic heterocycles. The number of benzene rings is 1. The number of ether oxygens (including phenoxy) is 1. The number of halogens is 1. The molecule has 0 amide bonds. The van der Waals surface area contributed by atoms with Gasteiger partial charge in [0.25, 0.3) is 0 Å². The number of sulfonamides is 1. The molecule has 128 valence electrons. The van der Waals surface area contributed by atoms with Gasteiger partial charge in [0.05, 0.1) is 19.0 Å². The van der Waals surface area contributed by atoms with Crippen LogP contribution in [0, 0.1) is 0 Å². The van der Waals surface area contributed by atoms with Crippen molar-refractivity contribution in [2.45, 2.75) is 31.6 Å². The lowest BCUT2D eigenvalue weighted by Crippen LogP contribution is -2.35. The molecule has 0 radical (unpaired) electrons. The summed E-state index contributed by atoms with van der Waals surface area (Å²) in [6, 6.07) is 7.85. The van der Waals surface area contributed by atoms with Gasteiger partial charge >= 0.3 is 0 Å². The van der Waals surface area contributed by atoms with Gasteiger partial charge in [-0.3, -0.25) is 4.90 Å². The molecule has 1 saturated carbocycles. The van der Waals surface area contributed by atoms with E-state index in [1.54, 1.807) is 0 Å². The summed E-state index contributed by atoms with van der Waals surface area (Å²) in [6.45, 7) is 4.37. The highest BCUT2D eigenvalue weighted by atomic mass is 32.2. The van der Waals surface area contributed by atoms with E-state index >= 15 is 0 Å². The molecular formula is C16H23FN2O3S. The Balaban J connectivity index is 1.54. The highest BCUT2D eigenvalue weighted by Crippen LogP contribution is 2.40. The maximum absolute atomic E-state index is 13.6. The van der Waals surface area contributed by atoms with E-state index in [1.807, 2.05) is 24.3 Å². The topological polar surface area (TPSA) is 58.6 Å². The minimum atomic E-state index is -3.57. The molecule has 2 fully saturated rings. The van der Waals surface area contributed by atoms with E-state index in [0.717, 1.165) is 44.0 Å². The van der Waals surface area contributed by atoms with Gasteiger partial charge in [0.1, 0.15) is 5.67 Å². The van der Waals surface area contributed by atoms with Gasteiger partial charge in [-0.2, -0.15) is 0 Å². The van der Waals surface area contributed by atoms with Crippen LogP contribution in [0.15, 0.2) is 24.3 Å². The van der Waals surface area contributed by atoms with Crippen molar-refractivity contribution in [2.24, 2.45) is 0 Å². The molecule has 23 heavy (non-hydrogen) atoms. The zero-order valence-corrected chi connectivity index (χ0v) is 13.9. The van der Waals surface area contributed by atoms with Crippen LogP contribution < -0.4 is 4.72 Å². The first-order valence-electron chi connectivity index (χ1n) is 7.98. The normalized spacial score (nSPS) is 21.3. The zero-order valence-electron chi connectivity index (χ0n) is 13.1. The maximum Gasteiger partial charge on any atom is 0.215 e. The summed E-state index contributed by atoms with van der Waals surface area (Å²) in [7, 11) is -3.57. The number of nitrogens with zero attached hydrogens (tertiary/aromatic N) is 1. The first-order valence-corrected chi connectivity index (χ1v) is 9.64. The second-order valence-corrected chi connectivity index (χ2v) is 8.25. The van der Waals surface area contributed by atoms with Crippen molar-refractivity contribution in [3.63, 3.8) is 0 Å². The van der Waals surface area contributed by atoms with E-state index < -0.39 is 21.4 Å². The summed E-state index contributed by atoms with van der Waals surface area (Å²) < 4.78 is 45.2. The largest absolute Gasteiger partial charge is 0.379 e. The predicted molar refractivity (Wildman–Crippen MR) is 86.2 cm³/mol. The average Bonchev–Trinajstić information content (AvgIpc) is 3.23. The quantitative estimate of drug-likeness (QED) is 0.815. The molecule has 3 rings (SSSR count). The van der Waals surface area contributed by atoms with Gasteiger partial charge in [-0.05, 0) is 24.0 Å². The molecule has 1 N–H and O–H groups in total. The van der Waals surface area contributed by atoms with E-state index in [4.69, 9.17) is 4.74 Å². The number of rotatable bonds is 7. The molecule has 0 bridgehead atoms. The molecule has 1 aliphatic heterocycles. The third-order valence-corrected chi connectivity index (χ3v) is 5.72. The Morgan fingerprint density at radius 1 is 1.22 bits per heavy atom. The van der Waals surface area contributed by atoms with E-state index in [-0.39, 0.29) is 6.54 Å². The highest BCUT2D eigenvalue weighted by molar-refractivity contribution is 7.89. The number of hydrogen-bond acceptors (Lipinski definition) is 4. The van der Waals surface area contributed by atoms with Gasteiger partial charge in [0.15, 0.2) is 0 Å². The van der Waals surface area contributed by atoms with Crippen LogP contribution in [0.5, 0.6) is 0 Å². The molecular weight excluding hydrogens is 319 g/mol. The van der Waals surface area contributed by atoms with Gasteiger partial charge in [-0.1, -0.05) is 24.3 Å². The molecule has 1 saturated heterocycles. The van der Waals surface area contributed by atoms with Crippen LogP contribution in [0.3, 0.4) is 0 Å². The van der Waals surface area contributed by atoms with Crippen molar-refractivity contribution in [1.82, 2.24) is 9.62 Å². The lowest BCUT2D eigenvalue weighted by Gasteiger charge is -2.26. The van der Waals surface area contributed by atoms with Crippen LogP contribution in [0.1, 0.15) is 24.0 Å². The number of morpholine rings is 1. The molecule has 5 nitrogen and oxygen atoms in total. The second-order valence-electron chi connectivity index (χ2n) is 6.44. The van der Waals surface area contributed by atoms with Gasteiger partial charge in [0.2, 0.25) is 10.0 Å². The van der Waals surface area contributed by atoms with Gasteiger partial charge < -0.3 is 4.74 Å². The van der Waals surface area contributed by atoms with Crippen molar-refractivity contribution in [1.29, 1.82) is 0 Å². The fraction of sp³-hybridized carbons (Fsp3) is 0.625. The number of alkyl halides is 1. The standard InChI is InChI=1S/C16H23FN2O3S/c17-16(4-5-16)13-23(20,21)18-11-14-2-1-3-15(10-14)12-19-6-8-22-9-7-19/h1-3,10,18H,4-9,11-13H2. The third-order valence-electron chi connectivity index (χ3n) is 4.24. The minimum Gasteiger partial charge on any atom is -0.379 e. The summed E-state index contributed by atoms with van der Waals surface area (Å²) in [6.07, 6.45) is 0.700. The van der Waals surface area contributed by atoms with Crippen molar-refractivity contribution in [2.75, 3.05) is 32.1 Å². The van der Waals surface area contributed by atoms with E-state index in [0.29, 0.717) is 12.8 Å². The van der Waals surface area contributed by atoms with Crippen molar-refractivity contribution < 1.29 is 17.5 Å². The highest BCUT2D eigenvalue weighted by Gasteiger charge is 2.46.